The Hall–Kier alpha value is -1.21. The minimum atomic E-state index is 1.22. The van der Waals surface area contributed by atoms with Crippen molar-refractivity contribution in [1.29, 1.82) is 0 Å². The van der Waals surface area contributed by atoms with Crippen LogP contribution in [0.3, 0.4) is 0 Å². The SMILES string of the molecule is C(=C1CSC1)c1ccc2ccccc2c1. The third-order valence-electron chi connectivity index (χ3n) is 2.72. The highest BCUT2D eigenvalue weighted by molar-refractivity contribution is 8.01. The first-order chi connectivity index (χ1) is 7.42. The molecule has 2 aromatic carbocycles. The molecule has 15 heavy (non-hydrogen) atoms. The van der Waals surface area contributed by atoms with Crippen molar-refractivity contribution in [2.75, 3.05) is 11.5 Å². The highest BCUT2D eigenvalue weighted by Crippen LogP contribution is 2.26. The number of thioether (sulfide) groups is 1. The van der Waals surface area contributed by atoms with E-state index in [1.807, 2.05) is 11.8 Å². The molecule has 0 N–H and O–H groups in total. The predicted molar refractivity (Wildman–Crippen MR) is 69.3 cm³/mol. The van der Waals surface area contributed by atoms with Gasteiger partial charge in [-0.25, -0.2) is 0 Å². The van der Waals surface area contributed by atoms with Crippen molar-refractivity contribution in [3.63, 3.8) is 0 Å². The second-order valence-electron chi connectivity index (χ2n) is 3.90. The van der Waals surface area contributed by atoms with Crippen LogP contribution in [-0.2, 0) is 0 Å². The molecule has 1 saturated heterocycles. The molecule has 2 aromatic rings. The van der Waals surface area contributed by atoms with Crippen molar-refractivity contribution in [3.05, 3.63) is 53.6 Å². The highest BCUT2D eigenvalue weighted by Gasteiger charge is 2.08. The zero-order valence-corrected chi connectivity index (χ0v) is 9.26. The summed E-state index contributed by atoms with van der Waals surface area (Å²) in [6.45, 7) is 0. The van der Waals surface area contributed by atoms with Crippen LogP contribution in [0.1, 0.15) is 5.56 Å². The summed E-state index contributed by atoms with van der Waals surface area (Å²) in [6, 6.07) is 15.2. The Balaban J connectivity index is 2.05. The standard InChI is InChI=1S/C14H12S/c1-2-4-14-8-11(5-6-13(14)3-1)7-12-9-15-10-12/h1-8H,9-10H2. The van der Waals surface area contributed by atoms with E-state index >= 15 is 0 Å². The van der Waals surface area contributed by atoms with Crippen molar-refractivity contribution in [2.45, 2.75) is 0 Å². The zero-order valence-electron chi connectivity index (χ0n) is 8.44. The lowest BCUT2D eigenvalue weighted by atomic mass is 10.1. The summed E-state index contributed by atoms with van der Waals surface area (Å²) in [7, 11) is 0. The minimum Gasteiger partial charge on any atom is -0.153 e. The molecule has 0 unspecified atom stereocenters. The van der Waals surface area contributed by atoms with Gasteiger partial charge in [0, 0.05) is 11.5 Å². The van der Waals surface area contributed by atoms with Crippen molar-refractivity contribution >= 4 is 28.6 Å². The van der Waals surface area contributed by atoms with Gasteiger partial charge in [-0.3, -0.25) is 0 Å². The van der Waals surface area contributed by atoms with Crippen LogP contribution >= 0.6 is 11.8 Å². The van der Waals surface area contributed by atoms with Crippen LogP contribution in [0.4, 0.5) is 0 Å². The summed E-state index contributed by atoms with van der Waals surface area (Å²) < 4.78 is 0. The average molecular weight is 212 g/mol. The molecule has 0 spiro atoms. The van der Waals surface area contributed by atoms with E-state index in [1.165, 1.54) is 27.8 Å². The van der Waals surface area contributed by atoms with E-state index in [0.717, 1.165) is 0 Å². The first-order valence-corrected chi connectivity index (χ1v) is 6.33. The number of hydrogen-bond acceptors (Lipinski definition) is 1. The molecule has 0 aromatic heterocycles. The Morgan fingerprint density at radius 2 is 1.73 bits per heavy atom. The first-order valence-electron chi connectivity index (χ1n) is 5.18. The maximum atomic E-state index is 2.32. The second-order valence-corrected chi connectivity index (χ2v) is 4.89. The summed E-state index contributed by atoms with van der Waals surface area (Å²) in [5, 5.41) is 2.65. The molecule has 0 atom stereocenters. The molecule has 0 saturated carbocycles. The van der Waals surface area contributed by atoms with Gasteiger partial charge in [-0.1, -0.05) is 42.5 Å². The van der Waals surface area contributed by atoms with E-state index in [9.17, 15) is 0 Å². The topological polar surface area (TPSA) is 0 Å². The third kappa shape index (κ3) is 1.80. The van der Waals surface area contributed by atoms with Crippen molar-refractivity contribution < 1.29 is 0 Å². The van der Waals surface area contributed by atoms with E-state index < -0.39 is 0 Å². The first kappa shape index (κ1) is 9.05. The quantitative estimate of drug-likeness (QED) is 0.689. The third-order valence-corrected chi connectivity index (χ3v) is 3.87. The van der Waals surface area contributed by atoms with Crippen LogP contribution < -0.4 is 0 Å². The zero-order chi connectivity index (χ0) is 10.1. The van der Waals surface area contributed by atoms with Gasteiger partial charge in [0.1, 0.15) is 0 Å². The summed E-state index contributed by atoms with van der Waals surface area (Å²) >= 11 is 2.00. The fourth-order valence-electron chi connectivity index (χ4n) is 1.84. The van der Waals surface area contributed by atoms with Crippen LogP contribution in [0.25, 0.3) is 16.8 Å². The van der Waals surface area contributed by atoms with Gasteiger partial charge in [0.2, 0.25) is 0 Å². The van der Waals surface area contributed by atoms with Gasteiger partial charge < -0.3 is 0 Å². The average Bonchev–Trinajstić information content (AvgIpc) is 2.23. The molecule has 3 rings (SSSR count). The lowest BCUT2D eigenvalue weighted by Crippen LogP contribution is -2.02. The molecule has 0 nitrogen and oxygen atoms in total. The Morgan fingerprint density at radius 3 is 2.47 bits per heavy atom. The molecule has 1 heteroatoms. The van der Waals surface area contributed by atoms with Crippen LogP contribution in [0, 0.1) is 0 Å². The van der Waals surface area contributed by atoms with Gasteiger partial charge in [-0.15, -0.1) is 0 Å². The molecule has 0 aliphatic carbocycles. The van der Waals surface area contributed by atoms with Crippen LogP contribution in [0.2, 0.25) is 0 Å². The van der Waals surface area contributed by atoms with Gasteiger partial charge in [-0.05, 0) is 28.0 Å². The van der Waals surface area contributed by atoms with Crippen molar-refractivity contribution in [3.8, 4) is 0 Å². The van der Waals surface area contributed by atoms with Crippen molar-refractivity contribution in [2.24, 2.45) is 0 Å². The fraction of sp³-hybridized carbons (Fsp3) is 0.143. The normalized spacial score (nSPS) is 15.1. The maximum Gasteiger partial charge on any atom is 0.0158 e. The largest absolute Gasteiger partial charge is 0.153 e. The molecule has 1 aliphatic heterocycles. The Labute approximate surface area is 94.0 Å². The molecule has 0 radical (unpaired) electrons. The summed E-state index contributed by atoms with van der Waals surface area (Å²) in [5.74, 6) is 2.43. The molecule has 0 bridgehead atoms. The number of hydrogen-bond donors (Lipinski definition) is 0. The number of rotatable bonds is 1. The minimum absolute atomic E-state index is 1.22. The van der Waals surface area contributed by atoms with Gasteiger partial charge in [0.05, 0.1) is 0 Å². The van der Waals surface area contributed by atoms with E-state index in [1.54, 1.807) is 5.57 Å². The fourth-order valence-corrected chi connectivity index (χ4v) is 2.44. The number of benzene rings is 2. The molecular weight excluding hydrogens is 200 g/mol. The molecule has 1 heterocycles. The molecular formula is C14H12S. The van der Waals surface area contributed by atoms with Crippen LogP contribution in [0.5, 0.6) is 0 Å². The second kappa shape index (κ2) is 3.74. The Bertz CT molecular complexity index is 520. The maximum absolute atomic E-state index is 2.32. The Kier molecular flexibility index (Phi) is 2.26. The Morgan fingerprint density at radius 1 is 0.933 bits per heavy atom. The van der Waals surface area contributed by atoms with Gasteiger partial charge in [0.15, 0.2) is 0 Å². The van der Waals surface area contributed by atoms with Crippen LogP contribution in [0.15, 0.2) is 48.0 Å². The smallest absolute Gasteiger partial charge is 0.0158 e. The van der Waals surface area contributed by atoms with Gasteiger partial charge in [0.25, 0.3) is 0 Å². The van der Waals surface area contributed by atoms with E-state index in [-0.39, 0.29) is 0 Å². The lowest BCUT2D eigenvalue weighted by Gasteiger charge is -2.15. The number of fused-ring (bicyclic) bond motifs is 1. The monoisotopic (exact) mass is 212 g/mol. The summed E-state index contributed by atoms with van der Waals surface area (Å²) in [6.07, 6.45) is 2.32. The molecule has 1 aliphatic rings. The highest BCUT2D eigenvalue weighted by atomic mass is 32.2. The summed E-state index contributed by atoms with van der Waals surface area (Å²) in [5.41, 5.74) is 2.90. The van der Waals surface area contributed by atoms with E-state index in [2.05, 4.69) is 48.5 Å². The predicted octanol–water partition coefficient (Wildman–Crippen LogP) is 3.97. The molecule has 74 valence electrons. The molecule has 0 amide bonds. The lowest BCUT2D eigenvalue weighted by molar-refractivity contribution is 1.38. The van der Waals surface area contributed by atoms with Crippen LogP contribution in [-0.4, -0.2) is 11.5 Å². The summed E-state index contributed by atoms with van der Waals surface area (Å²) in [4.78, 5) is 0. The van der Waals surface area contributed by atoms with Gasteiger partial charge in [-0.2, -0.15) is 11.8 Å². The van der Waals surface area contributed by atoms with Crippen molar-refractivity contribution in [1.82, 2.24) is 0 Å². The van der Waals surface area contributed by atoms with E-state index in [0.29, 0.717) is 0 Å². The van der Waals surface area contributed by atoms with Gasteiger partial charge >= 0.3 is 0 Å². The molecule has 1 fully saturated rings. The van der Waals surface area contributed by atoms with E-state index in [4.69, 9.17) is 0 Å².